The van der Waals surface area contributed by atoms with Gasteiger partial charge in [0.1, 0.15) is 17.5 Å². The van der Waals surface area contributed by atoms with E-state index < -0.39 is 27.5 Å². The van der Waals surface area contributed by atoms with Crippen LogP contribution in [-0.4, -0.2) is 40.2 Å². The molecule has 3 aromatic rings. The molecule has 1 saturated carbocycles. The highest BCUT2D eigenvalue weighted by atomic mass is 35.5. The number of halogens is 2. The molecule has 1 aromatic heterocycles. The number of fused-ring (bicyclic) bond motifs is 1. The van der Waals surface area contributed by atoms with E-state index in [0.717, 1.165) is 30.0 Å². The van der Waals surface area contributed by atoms with E-state index in [1.807, 2.05) is 0 Å². The Kier molecular flexibility index (Phi) is 7.08. The summed E-state index contributed by atoms with van der Waals surface area (Å²) < 4.78 is 35.4. The number of nitrogens with zero attached hydrogens (tertiary/aromatic N) is 2. The number of carbonyl (C=O) groups is 1. The molecule has 0 spiro atoms. The highest BCUT2D eigenvalue weighted by Gasteiger charge is 2.44. The van der Waals surface area contributed by atoms with Crippen molar-refractivity contribution in [3.05, 3.63) is 74.1 Å². The molecular formula is C24H24Cl2N4O6S. The van der Waals surface area contributed by atoms with Crippen LogP contribution in [0.25, 0.3) is 0 Å². The van der Waals surface area contributed by atoms with Crippen LogP contribution in [0.3, 0.4) is 0 Å². The molecule has 37 heavy (non-hydrogen) atoms. The fourth-order valence-corrected chi connectivity index (χ4v) is 7.09. The van der Waals surface area contributed by atoms with Crippen molar-refractivity contribution in [3.8, 4) is 11.5 Å². The highest BCUT2D eigenvalue weighted by molar-refractivity contribution is 7.89. The molecule has 0 bridgehead atoms. The zero-order valence-electron chi connectivity index (χ0n) is 19.5. The monoisotopic (exact) mass is 566 g/mol. The lowest BCUT2D eigenvalue weighted by Gasteiger charge is -2.32. The first-order valence-electron chi connectivity index (χ1n) is 11.7. The number of sulfonamides is 1. The predicted molar refractivity (Wildman–Crippen MR) is 136 cm³/mol. The summed E-state index contributed by atoms with van der Waals surface area (Å²) >= 11 is 12.0. The molecule has 1 fully saturated rings. The topological polar surface area (TPSA) is 134 Å². The second kappa shape index (κ2) is 10.1. The Bertz CT molecular complexity index is 1480. The quantitative estimate of drug-likeness (QED) is 0.302. The number of rotatable bonds is 6. The van der Waals surface area contributed by atoms with E-state index in [2.05, 4.69) is 5.10 Å². The Morgan fingerprint density at radius 1 is 1.05 bits per heavy atom. The van der Waals surface area contributed by atoms with Crippen molar-refractivity contribution in [1.82, 2.24) is 19.6 Å². The number of amides is 1. The molecule has 5 rings (SSSR count). The van der Waals surface area contributed by atoms with E-state index in [9.17, 15) is 23.2 Å². The van der Waals surface area contributed by atoms with Crippen LogP contribution in [0, 0.1) is 0 Å². The predicted octanol–water partition coefficient (Wildman–Crippen LogP) is 4.18. The van der Waals surface area contributed by atoms with E-state index >= 15 is 0 Å². The number of nitrogens with one attached hydrogen (secondary N) is 2. The van der Waals surface area contributed by atoms with Crippen molar-refractivity contribution in [2.75, 3.05) is 6.54 Å². The van der Waals surface area contributed by atoms with Crippen molar-refractivity contribution >= 4 is 39.1 Å². The van der Waals surface area contributed by atoms with Crippen LogP contribution in [-0.2, 0) is 21.2 Å². The standard InChI is InChI=1S/C24H24Cl2N4O6S/c25-14-11-15(26)13-18(12-14)36-17-5-7-19(8-6-17)37(34,35)29-10-9-20-21(22(29)23(31)28-33)24(32)30(27-20)16-3-1-2-4-16/h5-8,11-13,16,22,27,33H,1-4,9-10H2,(H,28,31)/t22-/m0/s1. The van der Waals surface area contributed by atoms with Crippen LogP contribution >= 0.6 is 23.2 Å². The van der Waals surface area contributed by atoms with E-state index in [1.54, 1.807) is 18.2 Å². The lowest BCUT2D eigenvalue weighted by Crippen LogP contribution is -2.48. The van der Waals surface area contributed by atoms with Crippen LogP contribution in [0.4, 0.5) is 0 Å². The molecule has 2 aliphatic rings. The van der Waals surface area contributed by atoms with Gasteiger partial charge in [-0.25, -0.2) is 18.6 Å². The minimum atomic E-state index is -4.24. The number of aromatic nitrogens is 2. The molecule has 13 heteroatoms. The van der Waals surface area contributed by atoms with Gasteiger partial charge in [-0.15, -0.1) is 0 Å². The van der Waals surface area contributed by atoms with Gasteiger partial charge >= 0.3 is 0 Å². The van der Waals surface area contributed by atoms with Gasteiger partial charge in [-0.1, -0.05) is 36.0 Å². The van der Waals surface area contributed by atoms with Crippen LogP contribution in [0.15, 0.2) is 52.2 Å². The fraction of sp³-hybridized carbons (Fsp3) is 0.333. The summed E-state index contributed by atoms with van der Waals surface area (Å²) in [5, 5.41) is 13.3. The first kappa shape index (κ1) is 25.8. The second-order valence-corrected chi connectivity index (χ2v) is 11.8. The molecule has 196 valence electrons. The minimum absolute atomic E-state index is 0.0251. The lowest BCUT2D eigenvalue weighted by molar-refractivity contribution is -0.133. The smallest absolute Gasteiger partial charge is 0.272 e. The lowest BCUT2D eigenvalue weighted by atomic mass is 10.0. The van der Waals surface area contributed by atoms with Crippen molar-refractivity contribution in [2.45, 2.75) is 49.1 Å². The molecule has 2 heterocycles. The zero-order chi connectivity index (χ0) is 26.3. The number of hydroxylamine groups is 1. The maximum Gasteiger partial charge on any atom is 0.272 e. The van der Waals surface area contributed by atoms with Gasteiger partial charge in [0.05, 0.1) is 16.5 Å². The van der Waals surface area contributed by atoms with Crippen LogP contribution in [0.5, 0.6) is 11.5 Å². The van der Waals surface area contributed by atoms with Crippen molar-refractivity contribution < 1.29 is 23.2 Å². The first-order valence-corrected chi connectivity index (χ1v) is 13.9. The average molecular weight is 567 g/mol. The molecular weight excluding hydrogens is 543 g/mol. The first-order chi connectivity index (χ1) is 17.7. The molecule has 3 N–H and O–H groups in total. The zero-order valence-corrected chi connectivity index (χ0v) is 21.8. The number of hydrogen-bond donors (Lipinski definition) is 3. The molecule has 1 aliphatic carbocycles. The van der Waals surface area contributed by atoms with Crippen molar-refractivity contribution in [3.63, 3.8) is 0 Å². The summed E-state index contributed by atoms with van der Waals surface area (Å²) in [6.45, 7) is -0.0582. The third-order valence-electron chi connectivity index (χ3n) is 6.72. The van der Waals surface area contributed by atoms with Gasteiger partial charge in [0.2, 0.25) is 10.0 Å². The van der Waals surface area contributed by atoms with Gasteiger partial charge in [0.15, 0.2) is 0 Å². The third kappa shape index (κ3) is 4.89. The Morgan fingerprint density at radius 3 is 2.32 bits per heavy atom. The van der Waals surface area contributed by atoms with E-state index in [0.29, 0.717) is 27.2 Å². The van der Waals surface area contributed by atoms with Gasteiger partial charge in [-0.2, -0.15) is 4.31 Å². The fourth-order valence-electron chi connectivity index (χ4n) is 5.02. The van der Waals surface area contributed by atoms with Gasteiger partial charge in [-0.3, -0.25) is 19.9 Å². The maximum atomic E-state index is 13.6. The van der Waals surface area contributed by atoms with Gasteiger partial charge in [-0.05, 0) is 55.3 Å². The number of H-pyrrole nitrogens is 1. The highest BCUT2D eigenvalue weighted by Crippen LogP contribution is 2.35. The second-order valence-electron chi connectivity index (χ2n) is 9.04. The molecule has 0 saturated heterocycles. The van der Waals surface area contributed by atoms with Gasteiger partial charge in [0, 0.05) is 28.7 Å². The SMILES string of the molecule is O=C(NO)[C@@H]1c2c([nH]n(C3CCCC3)c2=O)CCN1S(=O)(=O)c1ccc(Oc2cc(Cl)cc(Cl)c2)cc1. The normalized spacial score (nSPS) is 18.5. The van der Waals surface area contributed by atoms with Gasteiger partial charge < -0.3 is 4.74 Å². The number of ether oxygens (including phenoxy) is 1. The largest absolute Gasteiger partial charge is 0.457 e. The number of benzene rings is 2. The van der Waals surface area contributed by atoms with E-state index in [-0.39, 0.29) is 29.5 Å². The summed E-state index contributed by atoms with van der Waals surface area (Å²) in [6, 6.07) is 8.75. The third-order valence-corrected chi connectivity index (χ3v) is 9.04. The number of aromatic amines is 1. The Morgan fingerprint density at radius 2 is 1.70 bits per heavy atom. The summed E-state index contributed by atoms with van der Waals surface area (Å²) in [6.07, 6.45) is 3.86. The number of carbonyl (C=O) groups excluding carboxylic acids is 1. The van der Waals surface area contributed by atoms with E-state index in [4.69, 9.17) is 27.9 Å². The summed E-state index contributed by atoms with van der Waals surface area (Å²) in [7, 11) is -4.24. The van der Waals surface area contributed by atoms with Crippen LogP contribution in [0.1, 0.15) is 49.0 Å². The maximum absolute atomic E-state index is 13.6. The summed E-state index contributed by atoms with van der Waals surface area (Å²) in [5.74, 6) is -0.285. The Labute approximate surface area is 222 Å². The summed E-state index contributed by atoms with van der Waals surface area (Å²) in [4.78, 5) is 26.0. The molecule has 0 radical (unpaired) electrons. The molecule has 2 aromatic carbocycles. The minimum Gasteiger partial charge on any atom is -0.457 e. The van der Waals surface area contributed by atoms with Gasteiger partial charge in [0.25, 0.3) is 11.5 Å². The van der Waals surface area contributed by atoms with Crippen LogP contribution < -0.4 is 15.8 Å². The molecule has 1 aliphatic heterocycles. The molecule has 0 unspecified atom stereocenters. The Balaban J connectivity index is 1.46. The summed E-state index contributed by atoms with van der Waals surface area (Å²) in [5.41, 5.74) is 1.62. The van der Waals surface area contributed by atoms with E-state index in [1.165, 1.54) is 34.4 Å². The molecule has 1 amide bonds. The van der Waals surface area contributed by atoms with Crippen LogP contribution in [0.2, 0.25) is 10.0 Å². The van der Waals surface area contributed by atoms with Crippen molar-refractivity contribution in [1.29, 1.82) is 0 Å². The van der Waals surface area contributed by atoms with Crippen molar-refractivity contribution in [2.24, 2.45) is 0 Å². The number of hydrogen-bond acceptors (Lipinski definition) is 6. The average Bonchev–Trinajstić information content (AvgIpc) is 3.51. The Hall–Kier alpha value is -2.83. The molecule has 10 nitrogen and oxygen atoms in total. The molecule has 1 atom stereocenters.